The number of halogens is 1. The molecule has 3 aliphatic carbocycles. The van der Waals surface area contributed by atoms with Crippen LogP contribution in [0.15, 0.2) is 65.8 Å². The highest BCUT2D eigenvalue weighted by molar-refractivity contribution is 6.13. The first kappa shape index (κ1) is 28.0. The van der Waals surface area contributed by atoms with Gasteiger partial charge in [0.05, 0.1) is 24.0 Å². The Labute approximate surface area is 227 Å². The van der Waals surface area contributed by atoms with E-state index in [0.29, 0.717) is 41.5 Å². The summed E-state index contributed by atoms with van der Waals surface area (Å²) in [6.07, 6.45) is 17.8. The van der Waals surface area contributed by atoms with Crippen molar-refractivity contribution < 1.29 is 9.18 Å². The molecule has 0 bridgehead atoms. The fourth-order valence-electron chi connectivity index (χ4n) is 6.71. The number of alkyl halides is 1. The Morgan fingerprint density at radius 2 is 2.05 bits per heavy atom. The second-order valence-corrected chi connectivity index (χ2v) is 11.4. The number of Topliss-reactive ketones (excluding diaryl/α,β-unsaturated/α-hetero) is 1. The molecule has 4 rings (SSSR count). The minimum Gasteiger partial charge on any atom is -0.300 e. The van der Waals surface area contributed by atoms with Gasteiger partial charge in [-0.1, -0.05) is 63.0 Å². The zero-order valence-corrected chi connectivity index (χ0v) is 22.8. The lowest BCUT2D eigenvalue weighted by molar-refractivity contribution is -0.116. The van der Waals surface area contributed by atoms with Gasteiger partial charge in [-0.25, -0.2) is 0 Å². The molecular weight excluding hydrogens is 471 g/mol. The van der Waals surface area contributed by atoms with Gasteiger partial charge in [0.25, 0.3) is 0 Å². The summed E-state index contributed by atoms with van der Waals surface area (Å²) in [5.41, 5.74) is 6.20. The van der Waals surface area contributed by atoms with Gasteiger partial charge in [-0.2, -0.15) is 5.26 Å². The van der Waals surface area contributed by atoms with Gasteiger partial charge in [-0.15, -0.1) is 6.58 Å². The molecule has 0 aliphatic heterocycles. The van der Waals surface area contributed by atoms with Crippen LogP contribution in [0.1, 0.15) is 100 Å². The third kappa shape index (κ3) is 6.32. The Hall–Kier alpha value is -3.06. The number of benzene rings is 1. The predicted molar refractivity (Wildman–Crippen MR) is 153 cm³/mol. The average molecular weight is 513 g/mol. The van der Waals surface area contributed by atoms with Gasteiger partial charge in [-0.3, -0.25) is 14.6 Å². The quantitative estimate of drug-likeness (QED) is 0.280. The molecule has 1 N–H and O–H groups in total. The van der Waals surface area contributed by atoms with E-state index in [1.165, 1.54) is 25.7 Å². The molecule has 38 heavy (non-hydrogen) atoms. The number of nitrogens with one attached hydrogen (secondary N) is 1. The molecule has 3 atom stereocenters. The van der Waals surface area contributed by atoms with Crippen LogP contribution in [-0.4, -0.2) is 18.2 Å². The summed E-state index contributed by atoms with van der Waals surface area (Å²) in [5, 5.41) is 18.9. The minimum atomic E-state index is -0.489. The number of rotatable bonds is 8. The number of allylic oxidation sites excluding steroid dienone is 7. The third-order valence-electron chi connectivity index (χ3n) is 8.99. The van der Waals surface area contributed by atoms with Gasteiger partial charge >= 0.3 is 0 Å². The van der Waals surface area contributed by atoms with Crippen LogP contribution >= 0.6 is 0 Å². The van der Waals surface area contributed by atoms with Gasteiger partial charge in [0.1, 0.15) is 0 Å². The van der Waals surface area contributed by atoms with Gasteiger partial charge in [0.15, 0.2) is 5.78 Å². The normalized spacial score (nSPS) is 27.2. The highest BCUT2D eigenvalue weighted by atomic mass is 19.1. The van der Waals surface area contributed by atoms with Crippen molar-refractivity contribution in [2.24, 2.45) is 17.8 Å². The Morgan fingerprint density at radius 1 is 1.26 bits per heavy atom. The van der Waals surface area contributed by atoms with E-state index >= 15 is 0 Å². The lowest BCUT2D eigenvalue weighted by Gasteiger charge is -2.29. The maximum Gasteiger partial charge on any atom is 0.162 e. The Bertz CT molecular complexity index is 1190. The number of fused-ring (bicyclic) bond motifs is 1. The molecule has 1 aromatic carbocycles. The highest BCUT2D eigenvalue weighted by Crippen LogP contribution is 2.47. The standard InChI is InChI=1S/C34H41FN2O/c1-3-4-9-24(21-35)19-33(38)28-13-8-7-12-27(15-16-28)32-20-30(26-10-5-6-11-26)23(2)31-18-25(22-36)14-17-29(31)34(32)37/h3,13-18,23-24,26,30,37H,1,4-12,19-21H2,2H3/b16-15-,28-13+,32-27+,37-34?. The van der Waals surface area contributed by atoms with Crippen molar-refractivity contribution in [2.45, 2.75) is 83.5 Å². The smallest absolute Gasteiger partial charge is 0.162 e. The molecule has 0 amide bonds. The van der Waals surface area contributed by atoms with Crippen molar-refractivity contribution in [2.75, 3.05) is 6.67 Å². The molecule has 0 radical (unpaired) electrons. The number of carbonyl (C=O) groups excluding carboxylic acids is 1. The second-order valence-electron chi connectivity index (χ2n) is 11.4. The summed E-state index contributed by atoms with van der Waals surface area (Å²) in [4.78, 5) is 13.1. The number of hydrogen-bond acceptors (Lipinski definition) is 3. The van der Waals surface area contributed by atoms with Crippen LogP contribution in [0.2, 0.25) is 0 Å². The summed E-state index contributed by atoms with van der Waals surface area (Å²) < 4.78 is 13.5. The number of nitrogens with zero attached hydrogens (tertiary/aromatic N) is 1. The second kappa shape index (κ2) is 13.1. The number of carbonyl (C=O) groups is 1. The average Bonchev–Trinajstić information content (AvgIpc) is 3.42. The molecule has 200 valence electrons. The molecule has 0 aromatic heterocycles. The molecule has 1 saturated carbocycles. The van der Waals surface area contributed by atoms with Crippen LogP contribution in [0.5, 0.6) is 0 Å². The minimum absolute atomic E-state index is 0.00184. The summed E-state index contributed by atoms with van der Waals surface area (Å²) in [6, 6.07) is 8.09. The van der Waals surface area contributed by atoms with E-state index in [1.54, 1.807) is 6.08 Å². The Balaban J connectivity index is 1.69. The molecular formula is C34H41FN2O. The largest absolute Gasteiger partial charge is 0.300 e. The van der Waals surface area contributed by atoms with E-state index < -0.39 is 6.67 Å². The van der Waals surface area contributed by atoms with Crippen molar-refractivity contribution >= 4 is 11.5 Å². The first-order valence-corrected chi connectivity index (χ1v) is 14.4. The van der Waals surface area contributed by atoms with E-state index in [0.717, 1.165) is 48.0 Å². The third-order valence-corrected chi connectivity index (χ3v) is 8.99. The van der Waals surface area contributed by atoms with Crippen molar-refractivity contribution in [3.63, 3.8) is 0 Å². The molecule has 3 nitrogen and oxygen atoms in total. The van der Waals surface area contributed by atoms with Crippen LogP contribution in [0.3, 0.4) is 0 Å². The van der Waals surface area contributed by atoms with E-state index in [4.69, 9.17) is 0 Å². The Morgan fingerprint density at radius 3 is 2.76 bits per heavy atom. The molecule has 1 aromatic rings. The molecule has 3 unspecified atom stereocenters. The van der Waals surface area contributed by atoms with Crippen molar-refractivity contribution in [3.05, 3.63) is 82.5 Å². The summed E-state index contributed by atoms with van der Waals surface area (Å²) in [6.45, 7) is 5.51. The van der Waals surface area contributed by atoms with Crippen LogP contribution in [0.4, 0.5) is 4.39 Å². The molecule has 3 aliphatic rings. The van der Waals surface area contributed by atoms with Gasteiger partial charge < -0.3 is 0 Å². The van der Waals surface area contributed by atoms with Crippen molar-refractivity contribution in [1.82, 2.24) is 0 Å². The van der Waals surface area contributed by atoms with E-state index in [-0.39, 0.29) is 24.0 Å². The topological polar surface area (TPSA) is 64.7 Å². The van der Waals surface area contributed by atoms with Gasteiger partial charge in [0.2, 0.25) is 0 Å². The van der Waals surface area contributed by atoms with Crippen LogP contribution < -0.4 is 0 Å². The monoisotopic (exact) mass is 512 g/mol. The fourth-order valence-corrected chi connectivity index (χ4v) is 6.71. The first-order valence-electron chi connectivity index (χ1n) is 14.4. The van der Waals surface area contributed by atoms with Crippen molar-refractivity contribution in [1.29, 1.82) is 10.7 Å². The predicted octanol–water partition coefficient (Wildman–Crippen LogP) is 8.71. The first-order chi connectivity index (χ1) is 18.5. The molecule has 0 saturated heterocycles. The van der Waals surface area contributed by atoms with E-state index in [2.05, 4.69) is 25.6 Å². The number of ketones is 1. The van der Waals surface area contributed by atoms with Crippen LogP contribution in [0, 0.1) is 34.5 Å². The lowest BCUT2D eigenvalue weighted by atomic mass is 9.75. The van der Waals surface area contributed by atoms with E-state index in [1.807, 2.05) is 30.4 Å². The van der Waals surface area contributed by atoms with Crippen LogP contribution in [0.25, 0.3) is 0 Å². The van der Waals surface area contributed by atoms with Gasteiger partial charge in [0, 0.05) is 17.6 Å². The van der Waals surface area contributed by atoms with E-state index in [9.17, 15) is 19.9 Å². The maximum absolute atomic E-state index is 13.5. The Kier molecular flexibility index (Phi) is 9.67. The zero-order chi connectivity index (χ0) is 27.1. The fraction of sp³-hybridized carbons (Fsp3) is 0.500. The number of hydrogen-bond donors (Lipinski definition) is 1. The highest BCUT2D eigenvalue weighted by Gasteiger charge is 2.36. The maximum atomic E-state index is 13.5. The molecule has 4 heteroatoms. The number of nitriles is 1. The van der Waals surface area contributed by atoms with Crippen LogP contribution in [-0.2, 0) is 4.79 Å². The zero-order valence-electron chi connectivity index (χ0n) is 22.8. The summed E-state index contributed by atoms with van der Waals surface area (Å²) in [7, 11) is 0. The summed E-state index contributed by atoms with van der Waals surface area (Å²) in [5.74, 6) is 1.08. The molecule has 0 spiro atoms. The lowest BCUT2D eigenvalue weighted by Crippen LogP contribution is -2.19. The molecule has 1 fully saturated rings. The van der Waals surface area contributed by atoms with Crippen molar-refractivity contribution in [3.8, 4) is 6.07 Å². The van der Waals surface area contributed by atoms with Gasteiger partial charge in [-0.05, 0) is 91.0 Å². The summed E-state index contributed by atoms with van der Waals surface area (Å²) >= 11 is 0. The SMILES string of the molecule is C=CCCC(CF)CC(=O)C1=C/CCCC(=C2/CC(C3CCCC3)C(C)c3cc(C#N)ccc3C2=N)/C=C\1. The molecule has 0 heterocycles.